The summed E-state index contributed by atoms with van der Waals surface area (Å²) >= 11 is 6.48. The van der Waals surface area contributed by atoms with Gasteiger partial charge in [0, 0.05) is 30.7 Å². The summed E-state index contributed by atoms with van der Waals surface area (Å²) in [7, 11) is 1.84. The van der Waals surface area contributed by atoms with E-state index in [1.165, 1.54) is 6.07 Å². The Kier molecular flexibility index (Phi) is 10.0. The van der Waals surface area contributed by atoms with E-state index in [1.807, 2.05) is 35.9 Å². The number of aromatic nitrogens is 1. The van der Waals surface area contributed by atoms with Gasteiger partial charge in [-0.1, -0.05) is 35.9 Å². The summed E-state index contributed by atoms with van der Waals surface area (Å²) in [6, 6.07) is 9.72. The van der Waals surface area contributed by atoms with E-state index in [9.17, 15) is 19.5 Å². The minimum absolute atomic E-state index is 0.0661. The number of amides is 2. The van der Waals surface area contributed by atoms with Crippen molar-refractivity contribution < 1.29 is 33.4 Å². The Hall–Kier alpha value is -3.73. The van der Waals surface area contributed by atoms with Gasteiger partial charge in [-0.3, -0.25) is 14.4 Å². The summed E-state index contributed by atoms with van der Waals surface area (Å²) in [4.78, 5) is 39.5. The smallest absolute Gasteiger partial charge is 0.306 e. The molecule has 5 rings (SSSR count). The number of aryl methyl sites for hydroxylation is 1. The fourth-order valence-electron chi connectivity index (χ4n) is 6.18. The highest BCUT2D eigenvalue weighted by molar-refractivity contribution is 6.34. The zero-order valence-electron chi connectivity index (χ0n) is 24.6. The normalized spacial score (nSPS) is 21.8. The Bertz CT molecular complexity index is 1550. The van der Waals surface area contributed by atoms with Gasteiger partial charge >= 0.3 is 5.97 Å². The van der Waals surface area contributed by atoms with Gasteiger partial charge in [-0.2, -0.15) is 0 Å². The number of ether oxygens (including phenoxy) is 2. The van der Waals surface area contributed by atoms with Gasteiger partial charge in [0.05, 0.1) is 60.1 Å². The molecule has 2 aliphatic rings. The van der Waals surface area contributed by atoms with Crippen molar-refractivity contribution in [1.29, 1.82) is 0 Å². The van der Waals surface area contributed by atoms with Crippen LogP contribution in [0.3, 0.4) is 0 Å². The van der Waals surface area contributed by atoms with Crippen molar-refractivity contribution in [3.05, 3.63) is 77.2 Å². The Morgan fingerprint density at radius 3 is 2.61 bits per heavy atom. The quantitative estimate of drug-likeness (QED) is 0.269. The number of carboxylic acids is 1. The first-order chi connectivity index (χ1) is 21.1. The lowest BCUT2D eigenvalue weighted by molar-refractivity contribution is -0.144. The number of halogens is 2. The molecule has 1 saturated heterocycles. The first-order valence-electron chi connectivity index (χ1n) is 14.8. The highest BCUT2D eigenvalue weighted by Crippen LogP contribution is 2.31. The fourth-order valence-corrected chi connectivity index (χ4v) is 6.42. The molecule has 1 aromatic heterocycles. The Morgan fingerprint density at radius 1 is 1.14 bits per heavy atom. The van der Waals surface area contributed by atoms with Gasteiger partial charge < -0.3 is 29.4 Å². The summed E-state index contributed by atoms with van der Waals surface area (Å²) in [5.74, 6) is -2.48. The number of carboxylic acid groups (broad SMARTS) is 1. The second-order valence-electron chi connectivity index (χ2n) is 11.6. The number of hydrogen-bond acceptors (Lipinski definition) is 5. The molecule has 9 nitrogen and oxygen atoms in total. The molecule has 234 valence electrons. The lowest BCUT2D eigenvalue weighted by Gasteiger charge is -2.30. The maximum Gasteiger partial charge on any atom is 0.306 e. The van der Waals surface area contributed by atoms with Crippen LogP contribution in [0.2, 0.25) is 5.02 Å². The predicted molar refractivity (Wildman–Crippen MR) is 165 cm³/mol. The Balaban J connectivity index is 1.24. The van der Waals surface area contributed by atoms with Gasteiger partial charge in [0.25, 0.3) is 5.91 Å². The van der Waals surface area contributed by atoms with Crippen molar-refractivity contribution in [3.8, 4) is 0 Å². The zero-order valence-corrected chi connectivity index (χ0v) is 25.4. The van der Waals surface area contributed by atoms with E-state index in [2.05, 4.69) is 11.9 Å². The number of para-hydroxylation sites is 1. The van der Waals surface area contributed by atoms with Crippen LogP contribution in [-0.2, 0) is 32.5 Å². The molecule has 0 spiro atoms. The summed E-state index contributed by atoms with van der Waals surface area (Å²) in [5, 5.41) is 12.8. The predicted octanol–water partition coefficient (Wildman–Crippen LogP) is 5.60. The first kappa shape index (κ1) is 31.7. The molecular formula is C33H37ClFN3O6. The molecule has 1 aliphatic carbocycles. The number of rotatable bonds is 11. The maximum absolute atomic E-state index is 15.3. The van der Waals surface area contributed by atoms with Crippen molar-refractivity contribution >= 4 is 46.0 Å². The van der Waals surface area contributed by atoms with E-state index in [4.69, 9.17) is 21.1 Å². The molecule has 0 radical (unpaired) electrons. The van der Waals surface area contributed by atoms with Gasteiger partial charge in [-0.15, -0.1) is 6.58 Å². The van der Waals surface area contributed by atoms with Gasteiger partial charge in [0.2, 0.25) is 5.91 Å². The van der Waals surface area contributed by atoms with Crippen LogP contribution in [0.15, 0.2) is 55.3 Å². The number of nitrogens with zero attached hydrogens (tertiary/aromatic N) is 2. The molecule has 11 heteroatoms. The summed E-state index contributed by atoms with van der Waals surface area (Å²) in [6.45, 7) is 4.65. The van der Waals surface area contributed by atoms with Crippen molar-refractivity contribution in [3.63, 3.8) is 0 Å². The monoisotopic (exact) mass is 625 g/mol. The molecule has 44 heavy (non-hydrogen) atoms. The van der Waals surface area contributed by atoms with E-state index in [1.54, 1.807) is 17.2 Å². The summed E-state index contributed by atoms with van der Waals surface area (Å²) in [6.07, 6.45) is 5.85. The topological polar surface area (TPSA) is 110 Å². The molecule has 2 atom stereocenters. The van der Waals surface area contributed by atoms with E-state index in [0.717, 1.165) is 17.0 Å². The third kappa shape index (κ3) is 7.14. The number of likely N-dealkylation sites (tertiary alicyclic amines) is 1. The molecule has 2 amide bonds. The molecule has 3 aromatic rings. The number of aliphatic carboxylic acids is 1. The number of nitrogens with one attached hydrogen (secondary N) is 1. The van der Waals surface area contributed by atoms with Crippen LogP contribution in [-0.4, -0.2) is 70.4 Å². The average molecular weight is 626 g/mol. The van der Waals surface area contributed by atoms with E-state index in [-0.39, 0.29) is 59.4 Å². The summed E-state index contributed by atoms with van der Waals surface area (Å²) < 4.78 is 29.1. The molecule has 2 fully saturated rings. The highest BCUT2D eigenvalue weighted by atomic mass is 35.5. The summed E-state index contributed by atoms with van der Waals surface area (Å²) in [5.41, 5.74) is 1.55. The fraction of sp³-hybridized carbons (Fsp3) is 0.424. The maximum atomic E-state index is 15.3. The molecule has 0 unspecified atom stereocenters. The van der Waals surface area contributed by atoms with Gasteiger partial charge in [-0.25, -0.2) is 4.39 Å². The van der Waals surface area contributed by atoms with Crippen LogP contribution in [0.1, 0.15) is 48.0 Å². The molecule has 2 heterocycles. The van der Waals surface area contributed by atoms with Crippen LogP contribution in [0.5, 0.6) is 0 Å². The lowest BCUT2D eigenvalue weighted by atomic mass is 9.87. The number of carbonyl (C=O) groups excluding carboxylic acids is 2. The Labute approximate surface area is 260 Å². The van der Waals surface area contributed by atoms with E-state index in [0.29, 0.717) is 50.8 Å². The lowest BCUT2D eigenvalue weighted by Crippen LogP contribution is -2.40. The molecule has 1 aliphatic heterocycles. The minimum atomic E-state index is -0.772. The van der Waals surface area contributed by atoms with Crippen molar-refractivity contribution in [2.24, 2.45) is 13.0 Å². The average Bonchev–Trinajstić information content (AvgIpc) is 3.58. The van der Waals surface area contributed by atoms with Gasteiger partial charge in [-0.05, 0) is 55.9 Å². The second-order valence-corrected chi connectivity index (χ2v) is 12.0. The van der Waals surface area contributed by atoms with Gasteiger partial charge in [0.1, 0.15) is 5.82 Å². The molecular weight excluding hydrogens is 589 g/mol. The van der Waals surface area contributed by atoms with Crippen LogP contribution < -0.4 is 5.32 Å². The van der Waals surface area contributed by atoms with Crippen molar-refractivity contribution in [2.75, 3.05) is 25.1 Å². The molecule has 2 aromatic carbocycles. The molecule has 0 bridgehead atoms. The first-order valence-corrected chi connectivity index (χ1v) is 15.2. The molecule has 1 saturated carbocycles. The van der Waals surface area contributed by atoms with E-state index < -0.39 is 17.7 Å². The number of hydrogen-bond donors (Lipinski definition) is 2. The van der Waals surface area contributed by atoms with Crippen LogP contribution in [0, 0.1) is 11.7 Å². The third-order valence-corrected chi connectivity index (χ3v) is 8.87. The largest absolute Gasteiger partial charge is 0.481 e. The second kappa shape index (κ2) is 13.9. The van der Waals surface area contributed by atoms with Crippen LogP contribution in [0.4, 0.5) is 10.1 Å². The minimum Gasteiger partial charge on any atom is -0.481 e. The van der Waals surface area contributed by atoms with Crippen LogP contribution >= 0.6 is 11.6 Å². The van der Waals surface area contributed by atoms with Gasteiger partial charge in [0.15, 0.2) is 0 Å². The van der Waals surface area contributed by atoms with E-state index >= 15 is 4.39 Å². The number of carbonyl (C=O) groups is 3. The SMILES string of the molecule is C=CCO[C@H]1C[C@@H](COC2CCC(C(=O)O)CC2)N(C(=O)Cc2cc(Cl)c(NC(=O)c3cn(C)c4ccccc34)cc2F)C1. The molecule has 2 N–H and O–H groups in total. The number of benzene rings is 2. The highest BCUT2D eigenvalue weighted by Gasteiger charge is 2.37. The van der Waals surface area contributed by atoms with Crippen molar-refractivity contribution in [2.45, 2.75) is 56.8 Å². The Morgan fingerprint density at radius 2 is 1.89 bits per heavy atom. The number of anilines is 1. The van der Waals surface area contributed by atoms with Crippen molar-refractivity contribution in [1.82, 2.24) is 9.47 Å². The standard InChI is InChI=1S/C33H37ClFN3O6/c1-3-12-43-24-15-22(19-44-23-10-8-20(9-11-23)33(41)42)38(17-24)31(39)14-21-13-27(34)29(16-28(21)35)36-32(40)26-18-37(2)30-7-5-4-6-25(26)30/h3-7,13,16,18,20,22-24H,1,8-12,14-15,17,19H2,2H3,(H,36,40)(H,41,42)/t20?,22-,23?,24-/m0/s1. The third-order valence-electron chi connectivity index (χ3n) is 8.56. The zero-order chi connectivity index (χ0) is 31.4. The number of fused-ring (bicyclic) bond motifs is 1. The van der Waals surface area contributed by atoms with Crippen LogP contribution in [0.25, 0.3) is 10.9 Å².